The molecule has 2 aromatic heterocycles. The average Bonchev–Trinajstić information content (AvgIpc) is 3.29. The minimum Gasteiger partial charge on any atom is -0.451 e. The molecule has 0 spiro atoms. The van der Waals surface area contributed by atoms with Crippen molar-refractivity contribution in [3.63, 3.8) is 0 Å². The van der Waals surface area contributed by atoms with Crippen LogP contribution in [0.4, 0.5) is 0 Å². The number of nitrogens with one attached hydrogen (secondary N) is 1. The van der Waals surface area contributed by atoms with Gasteiger partial charge in [0.1, 0.15) is 5.58 Å². The van der Waals surface area contributed by atoms with E-state index in [-0.39, 0.29) is 5.76 Å². The van der Waals surface area contributed by atoms with Gasteiger partial charge in [-0.1, -0.05) is 18.2 Å². The third-order valence-electron chi connectivity index (χ3n) is 4.74. The van der Waals surface area contributed by atoms with Gasteiger partial charge >= 0.3 is 5.91 Å². The molecule has 0 saturated carbocycles. The molecule has 1 amide bonds. The number of carbonyl (C=O) groups excluding carboxylic acids is 1. The standard InChI is InChI=1S/C23H18N4O2/c1-15-11-19(16(2)27(15)20-9-7-17(13-24)8-10-20)14-25-26-23(28)22-12-18-5-3-4-6-21(18)29-22/h3-12,14H,1-2H3,(H,26,28)/b25-14-. The van der Waals surface area contributed by atoms with Gasteiger partial charge in [-0.2, -0.15) is 10.4 Å². The number of fused-ring (bicyclic) bond motifs is 1. The first-order valence-electron chi connectivity index (χ1n) is 9.08. The fraction of sp³-hybridized carbons (Fsp3) is 0.0870. The highest BCUT2D eigenvalue weighted by molar-refractivity contribution is 5.96. The van der Waals surface area contributed by atoms with Crippen molar-refractivity contribution in [1.82, 2.24) is 9.99 Å². The van der Waals surface area contributed by atoms with Gasteiger partial charge in [-0.25, -0.2) is 5.43 Å². The number of aryl methyl sites for hydroxylation is 1. The molecule has 0 fully saturated rings. The number of hydrogen-bond donors (Lipinski definition) is 1. The van der Waals surface area contributed by atoms with E-state index in [1.807, 2.05) is 56.3 Å². The molecule has 6 nitrogen and oxygen atoms in total. The summed E-state index contributed by atoms with van der Waals surface area (Å²) in [6.45, 7) is 3.98. The monoisotopic (exact) mass is 382 g/mol. The number of benzene rings is 2. The Balaban J connectivity index is 1.52. The molecule has 0 bridgehead atoms. The largest absolute Gasteiger partial charge is 0.451 e. The van der Waals surface area contributed by atoms with Crippen molar-refractivity contribution in [2.45, 2.75) is 13.8 Å². The Hall–Kier alpha value is -4.11. The molecular formula is C23H18N4O2. The molecule has 0 radical (unpaired) electrons. The van der Waals surface area contributed by atoms with Gasteiger partial charge in [0.2, 0.25) is 0 Å². The van der Waals surface area contributed by atoms with Crippen molar-refractivity contribution in [1.29, 1.82) is 5.26 Å². The van der Waals surface area contributed by atoms with Crippen LogP contribution in [0.2, 0.25) is 0 Å². The zero-order valence-corrected chi connectivity index (χ0v) is 16.0. The van der Waals surface area contributed by atoms with Crippen molar-refractivity contribution in [2.75, 3.05) is 0 Å². The van der Waals surface area contributed by atoms with Gasteiger partial charge in [-0.15, -0.1) is 0 Å². The molecule has 6 heteroatoms. The molecule has 2 heterocycles. The highest BCUT2D eigenvalue weighted by atomic mass is 16.3. The summed E-state index contributed by atoms with van der Waals surface area (Å²) < 4.78 is 7.62. The SMILES string of the molecule is Cc1cc(/C=N\NC(=O)c2cc3ccccc3o2)c(C)n1-c1ccc(C#N)cc1. The zero-order chi connectivity index (χ0) is 20.4. The zero-order valence-electron chi connectivity index (χ0n) is 16.0. The van der Waals surface area contributed by atoms with E-state index in [4.69, 9.17) is 9.68 Å². The molecule has 0 unspecified atom stereocenters. The lowest BCUT2D eigenvalue weighted by Gasteiger charge is -2.09. The third kappa shape index (κ3) is 3.54. The van der Waals surface area contributed by atoms with Crippen LogP contribution in [-0.2, 0) is 0 Å². The summed E-state index contributed by atoms with van der Waals surface area (Å²) in [5.74, 6) is -0.190. The summed E-state index contributed by atoms with van der Waals surface area (Å²) in [7, 11) is 0. The van der Waals surface area contributed by atoms with E-state index in [2.05, 4.69) is 21.2 Å². The maximum Gasteiger partial charge on any atom is 0.307 e. The predicted molar refractivity (Wildman–Crippen MR) is 111 cm³/mol. The number of hydrogen-bond acceptors (Lipinski definition) is 4. The smallest absolute Gasteiger partial charge is 0.307 e. The lowest BCUT2D eigenvalue weighted by molar-refractivity contribution is 0.0929. The van der Waals surface area contributed by atoms with Gasteiger partial charge in [0, 0.05) is 28.0 Å². The van der Waals surface area contributed by atoms with Crippen molar-refractivity contribution >= 4 is 23.1 Å². The Kier molecular flexibility index (Phi) is 4.71. The van der Waals surface area contributed by atoms with Crippen LogP contribution in [0.3, 0.4) is 0 Å². The second-order valence-electron chi connectivity index (χ2n) is 6.67. The molecule has 1 N–H and O–H groups in total. The summed E-state index contributed by atoms with van der Waals surface area (Å²) in [6, 6.07) is 20.6. The fourth-order valence-corrected chi connectivity index (χ4v) is 3.31. The number of para-hydroxylation sites is 1. The maximum atomic E-state index is 12.3. The minimum atomic E-state index is -0.404. The van der Waals surface area contributed by atoms with Crippen molar-refractivity contribution in [3.05, 3.63) is 88.9 Å². The van der Waals surface area contributed by atoms with E-state index in [0.717, 1.165) is 28.0 Å². The van der Waals surface area contributed by atoms with E-state index >= 15 is 0 Å². The summed E-state index contributed by atoms with van der Waals surface area (Å²) in [5.41, 5.74) is 7.64. The summed E-state index contributed by atoms with van der Waals surface area (Å²) >= 11 is 0. The second kappa shape index (κ2) is 7.49. The first-order chi connectivity index (χ1) is 14.1. The average molecular weight is 382 g/mol. The minimum absolute atomic E-state index is 0.214. The molecule has 0 aliphatic heterocycles. The lowest BCUT2D eigenvalue weighted by Crippen LogP contribution is -2.16. The molecule has 142 valence electrons. The molecule has 4 aromatic rings. The highest BCUT2D eigenvalue weighted by Crippen LogP contribution is 2.21. The Morgan fingerprint density at radius 2 is 1.90 bits per heavy atom. The van der Waals surface area contributed by atoms with Crippen LogP contribution in [0.15, 0.2) is 70.2 Å². The molecule has 29 heavy (non-hydrogen) atoms. The Morgan fingerprint density at radius 3 is 2.62 bits per heavy atom. The van der Waals surface area contributed by atoms with Gasteiger partial charge < -0.3 is 8.98 Å². The van der Waals surface area contributed by atoms with Crippen molar-refractivity contribution in [2.24, 2.45) is 5.10 Å². The van der Waals surface area contributed by atoms with Gasteiger partial charge in [0.15, 0.2) is 5.76 Å². The number of rotatable bonds is 4. The fourth-order valence-electron chi connectivity index (χ4n) is 3.31. The summed E-state index contributed by atoms with van der Waals surface area (Å²) in [6.07, 6.45) is 1.61. The maximum absolute atomic E-state index is 12.3. The molecule has 4 rings (SSSR count). The van der Waals surface area contributed by atoms with Crippen LogP contribution in [0.1, 0.15) is 33.1 Å². The van der Waals surface area contributed by atoms with Crippen molar-refractivity contribution in [3.8, 4) is 11.8 Å². The Bertz CT molecular complexity index is 1240. The molecule has 0 saturated heterocycles. The number of aromatic nitrogens is 1. The lowest BCUT2D eigenvalue weighted by atomic mass is 10.2. The molecule has 0 aliphatic rings. The highest BCUT2D eigenvalue weighted by Gasteiger charge is 2.12. The normalized spacial score (nSPS) is 11.1. The van der Waals surface area contributed by atoms with Crippen LogP contribution in [0.5, 0.6) is 0 Å². The van der Waals surface area contributed by atoms with Crippen LogP contribution in [0, 0.1) is 25.2 Å². The number of nitrogens with zero attached hydrogens (tertiary/aromatic N) is 3. The van der Waals surface area contributed by atoms with Crippen LogP contribution in [0.25, 0.3) is 16.7 Å². The first-order valence-corrected chi connectivity index (χ1v) is 9.08. The van der Waals surface area contributed by atoms with Gasteiger partial charge in [-0.3, -0.25) is 4.79 Å². The second-order valence-corrected chi connectivity index (χ2v) is 6.67. The summed E-state index contributed by atoms with van der Waals surface area (Å²) in [4.78, 5) is 12.3. The molecule has 0 aliphatic carbocycles. The predicted octanol–water partition coefficient (Wildman–Crippen LogP) is 4.48. The number of nitriles is 1. The third-order valence-corrected chi connectivity index (χ3v) is 4.74. The molecular weight excluding hydrogens is 364 g/mol. The Morgan fingerprint density at radius 1 is 1.14 bits per heavy atom. The van der Waals surface area contributed by atoms with Gasteiger partial charge in [-0.05, 0) is 56.3 Å². The number of carbonyl (C=O) groups is 1. The molecule has 2 aromatic carbocycles. The number of amides is 1. The Labute approximate surface area is 167 Å². The van der Waals surface area contributed by atoms with E-state index in [1.54, 1.807) is 24.4 Å². The number of hydrazone groups is 1. The van der Waals surface area contributed by atoms with Crippen molar-refractivity contribution < 1.29 is 9.21 Å². The van der Waals surface area contributed by atoms with Gasteiger partial charge in [0.05, 0.1) is 17.8 Å². The van der Waals surface area contributed by atoms with E-state index in [0.29, 0.717) is 11.1 Å². The van der Waals surface area contributed by atoms with E-state index in [1.165, 1.54) is 0 Å². The molecule has 0 atom stereocenters. The quantitative estimate of drug-likeness (QED) is 0.417. The van der Waals surface area contributed by atoms with E-state index < -0.39 is 5.91 Å². The first kappa shape index (κ1) is 18.3. The van der Waals surface area contributed by atoms with Crippen LogP contribution < -0.4 is 5.43 Å². The van der Waals surface area contributed by atoms with Gasteiger partial charge in [0.25, 0.3) is 0 Å². The topological polar surface area (TPSA) is 83.3 Å². The van der Waals surface area contributed by atoms with E-state index in [9.17, 15) is 4.79 Å². The number of furan rings is 1. The van der Waals surface area contributed by atoms with Crippen LogP contribution >= 0.6 is 0 Å². The summed E-state index contributed by atoms with van der Waals surface area (Å²) in [5, 5.41) is 13.9. The van der Waals surface area contributed by atoms with Crippen LogP contribution in [-0.4, -0.2) is 16.7 Å².